The molecule has 0 aliphatic carbocycles. The van der Waals surface area contributed by atoms with Crippen LogP contribution in [0.25, 0.3) is 10.6 Å². The molecule has 0 atom stereocenters. The minimum Gasteiger partial charge on any atom is -0.485 e. The second-order valence-corrected chi connectivity index (χ2v) is 5.49. The second kappa shape index (κ2) is 8.59. The molecule has 8 heteroatoms. The summed E-state index contributed by atoms with van der Waals surface area (Å²) in [5, 5.41) is 17.8. The van der Waals surface area contributed by atoms with Crippen LogP contribution in [0.2, 0.25) is 0 Å². The molecule has 24 heavy (non-hydrogen) atoms. The van der Waals surface area contributed by atoms with E-state index in [1.165, 1.54) is 6.20 Å². The molecular weight excluding hydrogens is 328 g/mol. The number of rotatable bonds is 4. The van der Waals surface area contributed by atoms with Crippen molar-refractivity contribution in [2.45, 2.75) is 13.5 Å². The lowest BCUT2D eigenvalue weighted by Crippen LogP contribution is -1.99. The van der Waals surface area contributed by atoms with Gasteiger partial charge in [0.1, 0.15) is 23.2 Å². The fraction of sp³-hybridized carbons (Fsp3) is 0.125. The van der Waals surface area contributed by atoms with Gasteiger partial charge in [0.2, 0.25) is 0 Å². The molecule has 0 amide bonds. The first-order valence-electron chi connectivity index (χ1n) is 6.95. The number of carbonyl (C=O) groups is 1. The van der Waals surface area contributed by atoms with Crippen LogP contribution in [0.5, 0.6) is 5.75 Å². The van der Waals surface area contributed by atoms with Gasteiger partial charge in [0, 0.05) is 23.9 Å². The molecule has 0 unspecified atom stereocenters. The number of aromatic nitrogens is 3. The summed E-state index contributed by atoms with van der Waals surface area (Å²) in [5.41, 5.74) is 7.53. The summed E-state index contributed by atoms with van der Waals surface area (Å²) in [7, 11) is 0. The molecular formula is C16H16N4O3S. The summed E-state index contributed by atoms with van der Waals surface area (Å²) in [6.45, 7) is 1.47. The Labute approximate surface area is 142 Å². The molecule has 7 nitrogen and oxygen atoms in total. The highest BCUT2D eigenvalue weighted by Gasteiger charge is 2.05. The van der Waals surface area contributed by atoms with Crippen molar-refractivity contribution in [3.8, 4) is 16.3 Å². The van der Waals surface area contributed by atoms with Crippen LogP contribution in [0, 0.1) is 0 Å². The molecule has 0 bridgehead atoms. The van der Waals surface area contributed by atoms with Crippen LogP contribution >= 0.6 is 11.3 Å². The van der Waals surface area contributed by atoms with Gasteiger partial charge in [0.15, 0.2) is 0 Å². The van der Waals surface area contributed by atoms with Gasteiger partial charge in [0.05, 0.1) is 11.9 Å². The normalized spacial score (nSPS) is 9.71. The molecule has 2 heterocycles. The lowest BCUT2D eigenvalue weighted by atomic mass is 10.2. The molecule has 0 aliphatic rings. The van der Waals surface area contributed by atoms with E-state index in [-0.39, 0.29) is 0 Å². The number of aliphatic carboxylic acids is 1. The SMILES string of the molecule is CC(=O)O.Nc1cc(OCc2csc(-c3ccccc3)n2)cnn1. The Morgan fingerprint density at radius 1 is 1.33 bits per heavy atom. The van der Waals surface area contributed by atoms with Crippen molar-refractivity contribution in [1.82, 2.24) is 15.2 Å². The van der Waals surface area contributed by atoms with Gasteiger partial charge in [-0.2, -0.15) is 5.10 Å². The fourth-order valence-electron chi connectivity index (χ4n) is 1.69. The molecule has 3 aromatic rings. The maximum Gasteiger partial charge on any atom is 0.300 e. The summed E-state index contributed by atoms with van der Waals surface area (Å²) in [5.74, 6) is 0.0949. The van der Waals surface area contributed by atoms with Gasteiger partial charge in [0.25, 0.3) is 5.97 Å². The summed E-state index contributed by atoms with van der Waals surface area (Å²) >= 11 is 1.60. The predicted molar refractivity (Wildman–Crippen MR) is 91.6 cm³/mol. The third kappa shape index (κ3) is 5.65. The van der Waals surface area contributed by atoms with Gasteiger partial charge in [-0.15, -0.1) is 16.4 Å². The van der Waals surface area contributed by atoms with Gasteiger partial charge < -0.3 is 15.6 Å². The van der Waals surface area contributed by atoms with Gasteiger partial charge in [-0.25, -0.2) is 4.98 Å². The second-order valence-electron chi connectivity index (χ2n) is 4.63. The lowest BCUT2D eigenvalue weighted by molar-refractivity contribution is -0.134. The number of thiazole rings is 1. The summed E-state index contributed by atoms with van der Waals surface area (Å²) < 4.78 is 5.58. The fourth-order valence-corrected chi connectivity index (χ4v) is 2.50. The van der Waals surface area contributed by atoms with E-state index in [9.17, 15) is 0 Å². The first kappa shape index (κ1) is 17.4. The largest absolute Gasteiger partial charge is 0.485 e. The van der Waals surface area contributed by atoms with Crippen molar-refractivity contribution >= 4 is 23.1 Å². The molecule has 124 valence electrons. The Bertz CT molecular complexity index is 789. The molecule has 0 fully saturated rings. The third-order valence-electron chi connectivity index (χ3n) is 2.61. The van der Waals surface area contributed by atoms with Crippen LogP contribution in [-0.2, 0) is 11.4 Å². The Balaban J connectivity index is 0.000000471. The number of ether oxygens (including phenoxy) is 1. The van der Waals surface area contributed by atoms with Crippen molar-refractivity contribution in [2.24, 2.45) is 0 Å². The number of nitrogens with zero attached hydrogens (tertiary/aromatic N) is 3. The van der Waals surface area contributed by atoms with Gasteiger partial charge in [-0.1, -0.05) is 30.3 Å². The van der Waals surface area contributed by atoms with Crippen LogP contribution in [-0.4, -0.2) is 26.3 Å². The van der Waals surface area contributed by atoms with E-state index < -0.39 is 5.97 Å². The standard InChI is InChI=1S/C14H12N4OS.C2H4O2/c15-13-6-12(7-16-18-13)19-8-11-9-20-14(17-11)10-4-2-1-3-5-10;1-2(3)4/h1-7,9H,8H2,(H2,15,18);1H3,(H,3,4). The maximum absolute atomic E-state index is 9.00. The van der Waals surface area contributed by atoms with Crippen molar-refractivity contribution in [3.05, 3.63) is 53.7 Å². The smallest absolute Gasteiger partial charge is 0.300 e. The molecule has 1 aromatic carbocycles. The molecule has 2 aromatic heterocycles. The van der Waals surface area contributed by atoms with Gasteiger partial charge in [-0.3, -0.25) is 4.79 Å². The van der Waals surface area contributed by atoms with Crippen LogP contribution in [0.1, 0.15) is 12.6 Å². The minimum atomic E-state index is -0.833. The third-order valence-corrected chi connectivity index (χ3v) is 3.55. The number of carboxylic acid groups (broad SMARTS) is 1. The molecule has 0 aliphatic heterocycles. The van der Waals surface area contributed by atoms with Crippen molar-refractivity contribution < 1.29 is 14.6 Å². The quantitative estimate of drug-likeness (QED) is 0.748. The highest BCUT2D eigenvalue weighted by Crippen LogP contribution is 2.24. The van der Waals surface area contributed by atoms with Gasteiger partial charge >= 0.3 is 0 Å². The average molecular weight is 344 g/mol. The van der Waals surface area contributed by atoms with Crippen LogP contribution in [0.3, 0.4) is 0 Å². The number of benzene rings is 1. The van der Waals surface area contributed by atoms with E-state index in [1.54, 1.807) is 17.4 Å². The Kier molecular flexibility index (Phi) is 6.21. The van der Waals surface area contributed by atoms with E-state index in [1.807, 2.05) is 35.7 Å². The number of nitrogen functional groups attached to an aromatic ring is 1. The van der Waals surface area contributed by atoms with E-state index in [4.69, 9.17) is 20.4 Å². The lowest BCUT2D eigenvalue weighted by Gasteiger charge is -2.03. The Morgan fingerprint density at radius 2 is 2.04 bits per heavy atom. The molecule has 0 radical (unpaired) electrons. The summed E-state index contributed by atoms with van der Waals surface area (Å²) in [6, 6.07) is 11.7. The summed E-state index contributed by atoms with van der Waals surface area (Å²) in [4.78, 5) is 13.5. The van der Waals surface area contributed by atoms with Crippen LogP contribution in [0.15, 0.2) is 48.0 Å². The zero-order valence-corrected chi connectivity index (χ0v) is 13.7. The summed E-state index contributed by atoms with van der Waals surface area (Å²) in [6.07, 6.45) is 1.53. The van der Waals surface area contributed by atoms with Gasteiger partial charge in [-0.05, 0) is 0 Å². The molecule has 3 N–H and O–H groups in total. The van der Waals surface area contributed by atoms with Crippen molar-refractivity contribution in [1.29, 1.82) is 0 Å². The van der Waals surface area contributed by atoms with Crippen LogP contribution < -0.4 is 10.5 Å². The van der Waals surface area contributed by atoms with E-state index in [0.29, 0.717) is 18.2 Å². The molecule has 0 spiro atoms. The zero-order chi connectivity index (χ0) is 17.4. The monoisotopic (exact) mass is 344 g/mol. The number of anilines is 1. The van der Waals surface area contributed by atoms with Crippen molar-refractivity contribution in [2.75, 3.05) is 5.73 Å². The van der Waals surface area contributed by atoms with E-state index >= 15 is 0 Å². The van der Waals surface area contributed by atoms with E-state index in [0.717, 1.165) is 23.2 Å². The highest BCUT2D eigenvalue weighted by atomic mass is 32.1. The first-order valence-corrected chi connectivity index (χ1v) is 7.83. The Hall–Kier alpha value is -3.00. The average Bonchev–Trinajstić information content (AvgIpc) is 3.02. The molecule has 3 rings (SSSR count). The minimum absolute atomic E-state index is 0.339. The number of hydrogen-bond donors (Lipinski definition) is 2. The van der Waals surface area contributed by atoms with E-state index in [2.05, 4.69) is 15.2 Å². The number of nitrogens with two attached hydrogens (primary N) is 1. The highest BCUT2D eigenvalue weighted by molar-refractivity contribution is 7.13. The van der Waals surface area contributed by atoms with Crippen LogP contribution in [0.4, 0.5) is 5.82 Å². The zero-order valence-electron chi connectivity index (χ0n) is 12.9. The first-order chi connectivity index (χ1) is 11.5. The predicted octanol–water partition coefficient (Wildman–Crippen LogP) is 2.85. The topological polar surface area (TPSA) is 111 Å². The molecule has 0 saturated carbocycles. The maximum atomic E-state index is 9.00. The number of carboxylic acids is 1. The van der Waals surface area contributed by atoms with Crippen molar-refractivity contribution in [3.63, 3.8) is 0 Å². The Morgan fingerprint density at radius 3 is 2.71 bits per heavy atom. The number of hydrogen-bond acceptors (Lipinski definition) is 7. The molecule has 0 saturated heterocycles.